The monoisotopic (exact) mass is 284 g/mol. The van der Waals surface area contributed by atoms with E-state index in [1.807, 2.05) is 0 Å². The number of benzene rings is 1. The molecule has 1 unspecified atom stereocenters. The van der Waals surface area contributed by atoms with Crippen LogP contribution < -0.4 is 10.5 Å². The normalized spacial score (nSPS) is 19.5. The topological polar surface area (TPSA) is 72.2 Å². The van der Waals surface area contributed by atoms with Crippen LogP contribution >= 0.6 is 0 Å². The van der Waals surface area contributed by atoms with E-state index in [2.05, 4.69) is 16.9 Å². The molecule has 2 rings (SSSR count). The van der Waals surface area contributed by atoms with Crippen LogP contribution in [-0.4, -0.2) is 15.0 Å². The summed E-state index contributed by atoms with van der Waals surface area (Å²) < 4.78 is 39.6. The lowest BCUT2D eigenvalue weighted by atomic mass is 9.95. The summed E-state index contributed by atoms with van der Waals surface area (Å²) in [6, 6.07) is 3.42. The second-order valence-corrected chi connectivity index (χ2v) is 6.45. The molecule has 0 spiro atoms. The molecule has 0 fully saturated rings. The molecular weight excluding hydrogens is 267 g/mol. The summed E-state index contributed by atoms with van der Waals surface area (Å²) in [6.45, 7) is 0.393. The van der Waals surface area contributed by atoms with Gasteiger partial charge in [-0.1, -0.05) is 12.2 Å². The number of hydrogen-bond donors (Lipinski definition) is 2. The van der Waals surface area contributed by atoms with Crippen LogP contribution in [0.15, 0.2) is 35.2 Å². The predicted molar refractivity (Wildman–Crippen MR) is 72.5 cm³/mol. The number of sulfonamides is 1. The van der Waals surface area contributed by atoms with Crippen LogP contribution in [0, 0.1) is 11.7 Å². The third kappa shape index (κ3) is 3.54. The minimum atomic E-state index is -3.62. The van der Waals surface area contributed by atoms with Crippen LogP contribution in [-0.2, 0) is 10.0 Å². The van der Waals surface area contributed by atoms with Crippen molar-refractivity contribution in [2.75, 3.05) is 12.3 Å². The van der Waals surface area contributed by atoms with Crippen molar-refractivity contribution in [2.24, 2.45) is 5.92 Å². The minimum Gasteiger partial charge on any atom is -0.396 e. The highest BCUT2D eigenvalue weighted by molar-refractivity contribution is 7.89. The van der Waals surface area contributed by atoms with Gasteiger partial charge in [0.05, 0.1) is 10.6 Å². The van der Waals surface area contributed by atoms with Crippen LogP contribution in [0.3, 0.4) is 0 Å². The molecule has 0 bridgehead atoms. The number of nitrogen functional groups attached to an aromatic ring is 1. The maximum absolute atomic E-state index is 13.0. The van der Waals surface area contributed by atoms with Gasteiger partial charge in [-0.05, 0) is 43.4 Å². The lowest BCUT2D eigenvalue weighted by Crippen LogP contribution is -2.29. The molecule has 1 aliphatic rings. The molecule has 0 radical (unpaired) electrons. The zero-order chi connectivity index (χ0) is 13.9. The number of hydrogen-bond acceptors (Lipinski definition) is 3. The van der Waals surface area contributed by atoms with Crippen molar-refractivity contribution in [3.05, 3.63) is 36.2 Å². The van der Waals surface area contributed by atoms with E-state index in [9.17, 15) is 12.8 Å². The molecule has 4 nitrogen and oxygen atoms in total. The molecular formula is C13H17FN2O2S. The quantitative estimate of drug-likeness (QED) is 0.656. The van der Waals surface area contributed by atoms with E-state index in [-0.39, 0.29) is 10.6 Å². The van der Waals surface area contributed by atoms with Gasteiger partial charge in [-0.3, -0.25) is 0 Å². The fourth-order valence-electron chi connectivity index (χ4n) is 2.04. The first kappa shape index (κ1) is 14.0. The summed E-state index contributed by atoms with van der Waals surface area (Å²) in [5.74, 6) is -0.297. The number of halogens is 1. The first-order valence-corrected chi connectivity index (χ1v) is 7.67. The van der Waals surface area contributed by atoms with Crippen LogP contribution in [0.4, 0.5) is 10.1 Å². The molecule has 0 aliphatic heterocycles. The molecule has 1 aromatic rings. The number of allylic oxidation sites excluding steroid dienone is 2. The molecule has 0 amide bonds. The Morgan fingerprint density at radius 1 is 1.37 bits per heavy atom. The second kappa shape index (κ2) is 5.71. The zero-order valence-electron chi connectivity index (χ0n) is 10.5. The van der Waals surface area contributed by atoms with Crippen molar-refractivity contribution in [3.63, 3.8) is 0 Å². The van der Waals surface area contributed by atoms with Gasteiger partial charge in [-0.15, -0.1) is 0 Å². The standard InChI is InChI=1S/C13H17FN2O2S/c14-12-7-6-11(8-13(12)15)19(17,18)16-9-10-4-2-1-3-5-10/h1-2,6-8,10,16H,3-5,9,15H2. The van der Waals surface area contributed by atoms with Gasteiger partial charge < -0.3 is 5.73 Å². The molecule has 0 aromatic heterocycles. The average molecular weight is 284 g/mol. The third-order valence-corrected chi connectivity index (χ3v) is 4.64. The van der Waals surface area contributed by atoms with Gasteiger partial charge in [-0.2, -0.15) is 0 Å². The number of nitrogens with two attached hydrogens (primary N) is 1. The van der Waals surface area contributed by atoms with Crippen LogP contribution in [0.2, 0.25) is 0 Å². The molecule has 104 valence electrons. The molecule has 0 heterocycles. The Hall–Kier alpha value is -1.40. The van der Waals surface area contributed by atoms with E-state index in [0.717, 1.165) is 31.4 Å². The molecule has 0 saturated carbocycles. The molecule has 3 N–H and O–H groups in total. The highest BCUT2D eigenvalue weighted by Gasteiger charge is 2.18. The summed E-state index contributed by atoms with van der Waals surface area (Å²) in [6.07, 6.45) is 7.01. The summed E-state index contributed by atoms with van der Waals surface area (Å²) in [4.78, 5) is -0.00208. The number of rotatable bonds is 4. The fourth-order valence-corrected chi connectivity index (χ4v) is 3.19. The number of nitrogens with one attached hydrogen (secondary N) is 1. The van der Waals surface area contributed by atoms with Gasteiger partial charge in [-0.25, -0.2) is 17.5 Å². The van der Waals surface area contributed by atoms with Gasteiger partial charge in [0, 0.05) is 6.54 Å². The smallest absolute Gasteiger partial charge is 0.240 e. The zero-order valence-corrected chi connectivity index (χ0v) is 11.3. The van der Waals surface area contributed by atoms with Crippen LogP contribution in [0.5, 0.6) is 0 Å². The van der Waals surface area contributed by atoms with Gasteiger partial charge in [0.25, 0.3) is 0 Å². The van der Waals surface area contributed by atoms with E-state index in [4.69, 9.17) is 5.73 Å². The largest absolute Gasteiger partial charge is 0.396 e. The summed E-state index contributed by atoms with van der Waals surface area (Å²) in [5, 5.41) is 0. The van der Waals surface area contributed by atoms with Crippen LogP contribution in [0.1, 0.15) is 19.3 Å². The molecule has 6 heteroatoms. The molecule has 1 aromatic carbocycles. The van der Waals surface area contributed by atoms with Crippen molar-refractivity contribution < 1.29 is 12.8 Å². The third-order valence-electron chi connectivity index (χ3n) is 3.22. The summed E-state index contributed by atoms with van der Waals surface area (Å²) >= 11 is 0. The van der Waals surface area contributed by atoms with Gasteiger partial charge in [0.15, 0.2) is 0 Å². The van der Waals surface area contributed by atoms with E-state index >= 15 is 0 Å². The summed E-state index contributed by atoms with van der Waals surface area (Å²) in [7, 11) is -3.62. The lowest BCUT2D eigenvalue weighted by molar-refractivity contribution is 0.468. The lowest BCUT2D eigenvalue weighted by Gasteiger charge is -2.18. The Morgan fingerprint density at radius 3 is 2.79 bits per heavy atom. The highest BCUT2D eigenvalue weighted by atomic mass is 32.2. The van der Waals surface area contributed by atoms with Crippen molar-refractivity contribution in [3.8, 4) is 0 Å². The minimum absolute atomic E-state index is 0.00208. The van der Waals surface area contributed by atoms with Gasteiger partial charge >= 0.3 is 0 Å². The highest BCUT2D eigenvalue weighted by Crippen LogP contribution is 2.19. The first-order valence-electron chi connectivity index (χ1n) is 6.19. The van der Waals surface area contributed by atoms with E-state index in [1.165, 1.54) is 6.07 Å². The average Bonchev–Trinajstić information content (AvgIpc) is 2.41. The van der Waals surface area contributed by atoms with Crippen molar-refractivity contribution in [2.45, 2.75) is 24.2 Å². The SMILES string of the molecule is Nc1cc(S(=O)(=O)NCC2CC=CCC2)ccc1F. The number of anilines is 1. The molecule has 1 atom stereocenters. The van der Waals surface area contributed by atoms with E-state index in [1.54, 1.807) is 0 Å². The predicted octanol–water partition coefficient (Wildman–Crippen LogP) is 2.04. The van der Waals surface area contributed by atoms with Crippen molar-refractivity contribution in [1.29, 1.82) is 0 Å². The van der Waals surface area contributed by atoms with Crippen molar-refractivity contribution in [1.82, 2.24) is 4.72 Å². The summed E-state index contributed by atoms with van der Waals surface area (Å²) in [5.41, 5.74) is 5.22. The maximum Gasteiger partial charge on any atom is 0.240 e. The van der Waals surface area contributed by atoms with Gasteiger partial charge in [0.2, 0.25) is 10.0 Å². The Bertz CT molecular complexity index is 584. The fraction of sp³-hybridized carbons (Fsp3) is 0.385. The van der Waals surface area contributed by atoms with Crippen molar-refractivity contribution >= 4 is 15.7 Å². The van der Waals surface area contributed by atoms with E-state index in [0.29, 0.717) is 12.5 Å². The Balaban J connectivity index is 2.05. The molecule has 1 aliphatic carbocycles. The molecule has 19 heavy (non-hydrogen) atoms. The van der Waals surface area contributed by atoms with Crippen LogP contribution in [0.25, 0.3) is 0 Å². The molecule has 0 saturated heterocycles. The Morgan fingerprint density at radius 2 is 2.16 bits per heavy atom. The Labute approximate surface area is 112 Å². The first-order chi connectivity index (χ1) is 8.99. The van der Waals surface area contributed by atoms with E-state index < -0.39 is 15.8 Å². The maximum atomic E-state index is 13.0. The van der Waals surface area contributed by atoms with Gasteiger partial charge in [0.1, 0.15) is 5.82 Å². The Kier molecular flexibility index (Phi) is 4.21. The second-order valence-electron chi connectivity index (χ2n) is 4.69.